The third-order valence-electron chi connectivity index (χ3n) is 8.17. The molecule has 0 nitrogen and oxygen atoms in total. The summed E-state index contributed by atoms with van der Waals surface area (Å²) in [6, 6.07) is 31.5. The molecule has 0 unspecified atom stereocenters. The predicted molar refractivity (Wildman–Crippen MR) is 254 cm³/mol. The van der Waals surface area contributed by atoms with Crippen molar-refractivity contribution in [2.75, 3.05) is 5.75 Å². The Hall–Kier alpha value is -2.25. The van der Waals surface area contributed by atoms with Crippen LogP contribution in [0.25, 0.3) is 0 Å². The molecule has 0 amide bonds. The number of benzene rings is 3. The summed E-state index contributed by atoms with van der Waals surface area (Å²) >= 11 is 1.92. The van der Waals surface area contributed by atoms with Crippen molar-refractivity contribution in [3.05, 3.63) is 115 Å². The Morgan fingerprint density at radius 2 is 0.868 bits per heavy atom. The first-order chi connectivity index (χ1) is 25.5. The molecule has 0 radical (unpaired) electrons. The van der Waals surface area contributed by atoms with Crippen molar-refractivity contribution in [2.45, 2.75) is 198 Å². The van der Waals surface area contributed by atoms with Gasteiger partial charge in [0.05, 0.1) is 0 Å². The highest BCUT2D eigenvalue weighted by Crippen LogP contribution is 2.22. The van der Waals surface area contributed by atoms with Gasteiger partial charge in [0, 0.05) is 4.90 Å². The second-order valence-corrected chi connectivity index (χ2v) is 13.9. The van der Waals surface area contributed by atoms with Crippen LogP contribution in [0.5, 0.6) is 0 Å². The number of thioether (sulfide) groups is 1. The number of aryl methyl sites for hydroxylation is 2. The molecule has 3 aromatic rings. The fourth-order valence-electron chi connectivity index (χ4n) is 5.17. The number of allylic oxidation sites excluding steroid dienone is 1. The highest BCUT2D eigenvalue weighted by molar-refractivity contribution is 7.99. The van der Waals surface area contributed by atoms with E-state index in [-0.39, 0.29) is 7.43 Å². The molecule has 0 spiro atoms. The van der Waals surface area contributed by atoms with E-state index in [1.54, 1.807) is 0 Å². The maximum absolute atomic E-state index is 3.48. The van der Waals surface area contributed by atoms with Gasteiger partial charge in [0.25, 0.3) is 0 Å². The Morgan fingerprint density at radius 3 is 1.17 bits per heavy atom. The summed E-state index contributed by atoms with van der Waals surface area (Å²) in [5.74, 6) is 3.29. The Morgan fingerprint density at radius 1 is 0.528 bits per heavy atom. The van der Waals surface area contributed by atoms with Gasteiger partial charge in [0.15, 0.2) is 0 Å². The van der Waals surface area contributed by atoms with Crippen molar-refractivity contribution in [3.63, 3.8) is 0 Å². The highest BCUT2D eigenvalue weighted by Gasteiger charge is 2.06. The molecule has 0 atom stereocenters. The van der Waals surface area contributed by atoms with Gasteiger partial charge >= 0.3 is 0 Å². The van der Waals surface area contributed by atoms with Crippen LogP contribution in [-0.2, 0) is 12.8 Å². The average molecular weight is 751 g/mol. The molecule has 0 bridgehead atoms. The summed E-state index contributed by atoms with van der Waals surface area (Å²) < 4.78 is 0. The van der Waals surface area contributed by atoms with Crippen LogP contribution in [0.4, 0.5) is 0 Å². The smallest absolute Gasteiger partial charge is 0.00719 e. The van der Waals surface area contributed by atoms with Gasteiger partial charge in [0.1, 0.15) is 0 Å². The number of hydrogen-bond donors (Lipinski definition) is 0. The molecule has 2 aliphatic carbocycles. The lowest BCUT2D eigenvalue weighted by atomic mass is 9.91. The van der Waals surface area contributed by atoms with E-state index in [4.69, 9.17) is 0 Å². The third kappa shape index (κ3) is 47.7. The van der Waals surface area contributed by atoms with Gasteiger partial charge in [0.2, 0.25) is 0 Å². The van der Waals surface area contributed by atoms with Gasteiger partial charge in [-0.25, -0.2) is 0 Å². The van der Waals surface area contributed by atoms with Crippen LogP contribution in [0.3, 0.4) is 0 Å². The van der Waals surface area contributed by atoms with E-state index in [2.05, 4.69) is 133 Å². The molecule has 0 heterocycles. The van der Waals surface area contributed by atoms with E-state index in [9.17, 15) is 0 Å². The molecular weight excluding hydrogens is 657 g/mol. The molecule has 2 saturated carbocycles. The van der Waals surface area contributed by atoms with E-state index in [1.165, 1.54) is 112 Å². The molecule has 0 saturated heterocycles. The summed E-state index contributed by atoms with van der Waals surface area (Å²) in [5.41, 5.74) is 2.85. The van der Waals surface area contributed by atoms with Crippen molar-refractivity contribution in [1.29, 1.82) is 0 Å². The second kappa shape index (κ2) is 54.1. The lowest BCUT2D eigenvalue weighted by Crippen LogP contribution is -1.99. The number of rotatable bonds is 7. The van der Waals surface area contributed by atoms with Crippen LogP contribution in [-0.4, -0.2) is 5.75 Å². The summed E-state index contributed by atoms with van der Waals surface area (Å²) in [5, 5.41) is 0. The molecule has 308 valence electrons. The Balaban J connectivity index is -0.000000170. The molecule has 3 aromatic carbocycles. The summed E-state index contributed by atoms with van der Waals surface area (Å²) in [4.78, 5) is 1.38. The summed E-state index contributed by atoms with van der Waals surface area (Å²) in [6.45, 7) is 28.8. The van der Waals surface area contributed by atoms with E-state index in [1.807, 2.05) is 65.4 Å². The maximum Gasteiger partial charge on any atom is 0.00719 e. The van der Waals surface area contributed by atoms with Gasteiger partial charge in [-0.3, -0.25) is 0 Å². The van der Waals surface area contributed by atoms with Crippen molar-refractivity contribution in [3.8, 4) is 0 Å². The first kappa shape index (κ1) is 60.0. The second-order valence-electron chi connectivity index (χ2n) is 12.8. The van der Waals surface area contributed by atoms with Crippen LogP contribution < -0.4 is 0 Å². The monoisotopic (exact) mass is 751 g/mol. The fraction of sp³-hybridized carbons (Fsp3) is 0.615. The predicted octanol–water partition coefficient (Wildman–Crippen LogP) is 18.9. The van der Waals surface area contributed by atoms with Crippen molar-refractivity contribution < 1.29 is 0 Å². The molecule has 2 aliphatic rings. The zero-order chi connectivity index (χ0) is 39.9. The lowest BCUT2D eigenvalue weighted by Gasteiger charge is -2.15. The largest absolute Gasteiger partial charge is 0.126 e. The van der Waals surface area contributed by atoms with Crippen molar-refractivity contribution in [2.24, 2.45) is 11.8 Å². The minimum Gasteiger partial charge on any atom is -0.126 e. The molecule has 1 heteroatoms. The quantitative estimate of drug-likeness (QED) is 0.132. The van der Waals surface area contributed by atoms with Crippen molar-refractivity contribution in [1.82, 2.24) is 0 Å². The average Bonchev–Trinajstić information content (AvgIpc) is 3.49. The van der Waals surface area contributed by atoms with E-state index < -0.39 is 0 Å². The molecule has 5 rings (SSSR count). The Labute approximate surface area is 340 Å². The number of hydrogen-bond acceptors (Lipinski definition) is 1. The Bertz CT molecular complexity index is 967. The van der Waals surface area contributed by atoms with Gasteiger partial charge in [-0.05, 0) is 66.5 Å². The van der Waals surface area contributed by atoms with Crippen LogP contribution >= 0.6 is 11.8 Å². The lowest BCUT2D eigenvalue weighted by molar-refractivity contribution is 0.385. The highest BCUT2D eigenvalue weighted by atomic mass is 32.2. The third-order valence-corrected chi connectivity index (χ3v) is 9.39. The van der Waals surface area contributed by atoms with E-state index in [0.29, 0.717) is 0 Å². The Kier molecular flexibility index (Phi) is 61.3. The zero-order valence-electron chi connectivity index (χ0n) is 37.0. The molecule has 2 fully saturated rings. The van der Waals surface area contributed by atoms with Gasteiger partial charge < -0.3 is 0 Å². The minimum atomic E-state index is 0. The van der Waals surface area contributed by atoms with E-state index in [0.717, 1.165) is 24.7 Å². The zero-order valence-corrected chi connectivity index (χ0v) is 37.8. The van der Waals surface area contributed by atoms with Crippen LogP contribution in [0.1, 0.15) is 192 Å². The normalized spacial score (nSPS) is 12.8. The molecule has 0 N–H and O–H groups in total. The summed E-state index contributed by atoms with van der Waals surface area (Å²) in [7, 11) is 0. The van der Waals surface area contributed by atoms with Crippen LogP contribution in [0.15, 0.2) is 109 Å². The standard InChI is InChI=1S/C9H12S.C9H12.C8H16.C8H10.C7H14.C4H8.3C2H6.CH4/c1-2-8-10-9-6-4-3-5-7-9;1-2-6-9-7-4-3-5-8-9;1-8-6-4-2-3-5-7-8;1-2-8-6-4-3-5-7-8;1-7-5-3-2-4-6-7;1-3-4-2;3*1-2;/h3-7H,2,8H2,1H3;3-5,7-8H,2,6H2,1H3;8H,2-7H2,1H3;3-7H,2H2,1H3;7H,2-6H2,1H3;3H,1,4H2,2H3;3*1-2H3;1H4. The molecule has 0 aliphatic heterocycles. The van der Waals surface area contributed by atoms with Crippen LogP contribution in [0.2, 0.25) is 0 Å². The molecule has 53 heavy (non-hydrogen) atoms. The van der Waals surface area contributed by atoms with Gasteiger partial charge in [-0.1, -0.05) is 253 Å². The van der Waals surface area contributed by atoms with Gasteiger partial charge in [-0.15, -0.1) is 18.3 Å². The topological polar surface area (TPSA) is 0 Å². The maximum atomic E-state index is 3.48. The fourth-order valence-corrected chi connectivity index (χ4v) is 5.96. The molecule has 0 aromatic heterocycles. The SMILES string of the molecule is C.C=CCC.CC.CC.CC.CC1CCCCC1.CC1CCCCCC1.CCCSc1ccccc1.CCCc1ccccc1.CCc1ccccc1. The van der Waals surface area contributed by atoms with E-state index >= 15 is 0 Å². The first-order valence-electron chi connectivity index (χ1n) is 21.9. The molecular formula is C52H94S. The van der Waals surface area contributed by atoms with Crippen LogP contribution in [0, 0.1) is 11.8 Å². The minimum absolute atomic E-state index is 0. The first-order valence-corrected chi connectivity index (χ1v) is 22.9. The summed E-state index contributed by atoms with van der Waals surface area (Å²) in [6.07, 6.45) is 24.2. The van der Waals surface area contributed by atoms with Crippen molar-refractivity contribution >= 4 is 11.8 Å². The van der Waals surface area contributed by atoms with Gasteiger partial charge in [-0.2, -0.15) is 0 Å².